The number of morpholine rings is 1. The molecule has 2 N–H and O–H groups in total. The number of nitrogens with zero attached hydrogens (tertiary/aromatic N) is 1. The van der Waals surface area contributed by atoms with Crippen LogP contribution < -0.4 is 5.32 Å². The number of ether oxygens (including phenoxy) is 1. The minimum Gasteiger partial charge on any atom is -0.372 e. The van der Waals surface area contributed by atoms with Crippen molar-refractivity contribution in [3.8, 4) is 0 Å². The summed E-state index contributed by atoms with van der Waals surface area (Å²) < 4.78 is 5.91. The Morgan fingerprint density at radius 1 is 1.35 bits per heavy atom. The third-order valence-electron chi connectivity index (χ3n) is 4.05. The molecule has 1 aromatic heterocycles. The second-order valence-electron chi connectivity index (χ2n) is 5.35. The minimum atomic E-state index is -0.0972. The van der Waals surface area contributed by atoms with Crippen LogP contribution in [-0.4, -0.2) is 54.2 Å². The van der Waals surface area contributed by atoms with E-state index in [2.05, 4.69) is 10.3 Å². The van der Waals surface area contributed by atoms with E-state index >= 15 is 0 Å². The zero-order chi connectivity index (χ0) is 14.2. The molecule has 0 bridgehead atoms. The number of nitrogens with one attached hydrogen (secondary N) is 2. The third kappa shape index (κ3) is 2.68. The highest BCUT2D eigenvalue weighted by molar-refractivity contribution is 6.41. The molecule has 2 aliphatic heterocycles. The van der Waals surface area contributed by atoms with Gasteiger partial charge in [-0.3, -0.25) is 4.79 Å². The fraction of sp³-hybridized carbons (Fsp3) is 0.615. The molecule has 20 heavy (non-hydrogen) atoms. The van der Waals surface area contributed by atoms with Gasteiger partial charge >= 0.3 is 0 Å². The predicted molar refractivity (Wildman–Crippen MR) is 77.5 cm³/mol. The van der Waals surface area contributed by atoms with E-state index in [9.17, 15) is 4.79 Å². The monoisotopic (exact) mass is 317 g/mol. The Morgan fingerprint density at radius 2 is 2.10 bits per heavy atom. The Hall–Kier alpha value is -0.750. The Labute approximate surface area is 127 Å². The normalized spacial score (nSPS) is 22.2. The average molecular weight is 318 g/mol. The topological polar surface area (TPSA) is 57.4 Å². The average Bonchev–Trinajstić information content (AvgIpc) is 2.80. The summed E-state index contributed by atoms with van der Waals surface area (Å²) in [6.45, 7) is 3.90. The van der Waals surface area contributed by atoms with E-state index in [1.807, 2.05) is 4.90 Å². The lowest BCUT2D eigenvalue weighted by molar-refractivity contribution is -0.0955. The summed E-state index contributed by atoms with van der Waals surface area (Å²) in [6, 6.07) is 1.58. The molecule has 1 spiro atoms. The number of amides is 1. The van der Waals surface area contributed by atoms with E-state index in [1.54, 1.807) is 6.07 Å². The number of likely N-dealkylation sites (tertiary alicyclic amines) is 1. The smallest absolute Gasteiger partial charge is 0.270 e. The summed E-state index contributed by atoms with van der Waals surface area (Å²) in [7, 11) is 0. The quantitative estimate of drug-likeness (QED) is 0.832. The zero-order valence-corrected chi connectivity index (χ0v) is 12.6. The van der Waals surface area contributed by atoms with Crippen LogP contribution in [0.25, 0.3) is 0 Å². The maximum atomic E-state index is 12.4. The Bertz CT molecular complexity index is 482. The molecule has 0 unspecified atom stereocenters. The first-order valence-corrected chi connectivity index (χ1v) is 7.53. The molecule has 110 valence electrons. The van der Waals surface area contributed by atoms with E-state index in [4.69, 9.17) is 27.9 Å². The van der Waals surface area contributed by atoms with Crippen molar-refractivity contribution >= 4 is 29.1 Å². The van der Waals surface area contributed by atoms with Crippen LogP contribution in [0.5, 0.6) is 0 Å². The predicted octanol–water partition coefficient (Wildman–Crippen LogP) is 1.92. The van der Waals surface area contributed by atoms with Gasteiger partial charge in [-0.1, -0.05) is 23.2 Å². The van der Waals surface area contributed by atoms with Crippen LogP contribution in [0.2, 0.25) is 10.2 Å². The number of H-pyrrole nitrogens is 1. The van der Waals surface area contributed by atoms with Gasteiger partial charge in [0.05, 0.1) is 17.2 Å². The highest BCUT2D eigenvalue weighted by Gasteiger charge is 2.38. The van der Waals surface area contributed by atoms with Gasteiger partial charge in [0.25, 0.3) is 5.91 Å². The lowest BCUT2D eigenvalue weighted by atomic mass is 9.90. The summed E-state index contributed by atoms with van der Waals surface area (Å²) >= 11 is 11.7. The standard InChI is InChI=1S/C13H17Cl2N3O2/c14-9-7-10(17-11(9)15)12(19)18-4-1-13(2-5-18)8-16-3-6-20-13/h7,16-17H,1-6,8H2. The van der Waals surface area contributed by atoms with Crippen LogP contribution >= 0.6 is 23.2 Å². The highest BCUT2D eigenvalue weighted by Crippen LogP contribution is 2.29. The number of carbonyl (C=O) groups is 1. The largest absolute Gasteiger partial charge is 0.372 e. The van der Waals surface area contributed by atoms with E-state index in [0.29, 0.717) is 29.0 Å². The number of hydrogen-bond donors (Lipinski definition) is 2. The number of hydrogen-bond acceptors (Lipinski definition) is 3. The number of piperidine rings is 1. The first-order valence-electron chi connectivity index (χ1n) is 6.78. The van der Waals surface area contributed by atoms with Gasteiger partial charge in [-0.25, -0.2) is 0 Å². The molecule has 2 saturated heterocycles. The van der Waals surface area contributed by atoms with Gasteiger partial charge in [0, 0.05) is 26.2 Å². The first-order chi connectivity index (χ1) is 9.60. The van der Waals surface area contributed by atoms with Gasteiger partial charge in [0.2, 0.25) is 0 Å². The second kappa shape index (κ2) is 5.56. The van der Waals surface area contributed by atoms with Gasteiger partial charge in [0.15, 0.2) is 0 Å². The summed E-state index contributed by atoms with van der Waals surface area (Å²) in [5, 5.41) is 4.05. The van der Waals surface area contributed by atoms with Gasteiger partial charge < -0.3 is 19.9 Å². The van der Waals surface area contributed by atoms with E-state index < -0.39 is 0 Å². The van der Waals surface area contributed by atoms with E-state index in [-0.39, 0.29) is 11.5 Å². The van der Waals surface area contributed by atoms with Crippen molar-refractivity contribution in [1.82, 2.24) is 15.2 Å². The molecule has 2 fully saturated rings. The third-order valence-corrected chi connectivity index (χ3v) is 4.74. The fourth-order valence-electron chi connectivity index (χ4n) is 2.84. The molecule has 0 aliphatic carbocycles. The SMILES string of the molecule is O=C(c1cc(Cl)c(Cl)[nH]1)N1CCC2(CC1)CNCCO2. The molecule has 0 aromatic carbocycles. The number of aromatic amines is 1. The van der Waals surface area contributed by atoms with Crippen LogP contribution in [0.15, 0.2) is 6.07 Å². The molecule has 3 heterocycles. The van der Waals surface area contributed by atoms with Gasteiger partial charge in [-0.05, 0) is 18.9 Å². The van der Waals surface area contributed by atoms with Crippen molar-refractivity contribution in [2.45, 2.75) is 18.4 Å². The number of halogens is 2. The van der Waals surface area contributed by atoms with Gasteiger partial charge in [0.1, 0.15) is 10.8 Å². The van der Waals surface area contributed by atoms with Crippen LogP contribution in [0.1, 0.15) is 23.3 Å². The van der Waals surface area contributed by atoms with Crippen molar-refractivity contribution in [2.24, 2.45) is 0 Å². The molecular formula is C13H17Cl2N3O2. The Kier molecular flexibility index (Phi) is 3.95. The van der Waals surface area contributed by atoms with Crippen LogP contribution in [0, 0.1) is 0 Å². The number of rotatable bonds is 1. The number of aromatic nitrogens is 1. The Morgan fingerprint density at radius 3 is 2.65 bits per heavy atom. The first kappa shape index (κ1) is 14.2. The fourth-order valence-corrected chi connectivity index (χ4v) is 3.15. The lowest BCUT2D eigenvalue weighted by Crippen LogP contribution is -2.56. The second-order valence-corrected chi connectivity index (χ2v) is 6.13. The summed E-state index contributed by atoms with van der Waals surface area (Å²) in [6.07, 6.45) is 1.71. The zero-order valence-electron chi connectivity index (χ0n) is 11.0. The molecule has 0 atom stereocenters. The van der Waals surface area contributed by atoms with Crippen LogP contribution in [0.4, 0.5) is 0 Å². The molecule has 7 heteroatoms. The molecule has 1 amide bonds. The van der Waals surface area contributed by atoms with Crippen molar-refractivity contribution < 1.29 is 9.53 Å². The summed E-state index contributed by atoms with van der Waals surface area (Å²) in [5.41, 5.74) is 0.346. The van der Waals surface area contributed by atoms with Crippen LogP contribution in [-0.2, 0) is 4.74 Å². The molecule has 0 saturated carbocycles. The van der Waals surface area contributed by atoms with Crippen molar-refractivity contribution in [3.05, 3.63) is 21.9 Å². The van der Waals surface area contributed by atoms with Crippen LogP contribution in [0.3, 0.4) is 0 Å². The summed E-state index contributed by atoms with van der Waals surface area (Å²) in [4.78, 5) is 17.0. The van der Waals surface area contributed by atoms with Crippen molar-refractivity contribution in [2.75, 3.05) is 32.8 Å². The molecule has 2 aliphatic rings. The maximum Gasteiger partial charge on any atom is 0.270 e. The highest BCUT2D eigenvalue weighted by atomic mass is 35.5. The summed E-state index contributed by atoms with van der Waals surface area (Å²) in [5.74, 6) is -0.0579. The molecule has 5 nitrogen and oxygen atoms in total. The maximum absolute atomic E-state index is 12.4. The lowest BCUT2D eigenvalue weighted by Gasteiger charge is -2.44. The minimum absolute atomic E-state index is 0.0579. The van der Waals surface area contributed by atoms with Crippen molar-refractivity contribution in [3.63, 3.8) is 0 Å². The molecule has 0 radical (unpaired) electrons. The van der Waals surface area contributed by atoms with Gasteiger partial charge in [-0.2, -0.15) is 0 Å². The molecular weight excluding hydrogens is 301 g/mol. The van der Waals surface area contributed by atoms with Crippen molar-refractivity contribution in [1.29, 1.82) is 0 Å². The number of carbonyl (C=O) groups excluding carboxylic acids is 1. The molecule has 1 aromatic rings. The molecule has 3 rings (SSSR count). The van der Waals surface area contributed by atoms with E-state index in [1.165, 1.54) is 0 Å². The Balaban J connectivity index is 1.64. The van der Waals surface area contributed by atoms with Gasteiger partial charge in [-0.15, -0.1) is 0 Å². The van der Waals surface area contributed by atoms with E-state index in [0.717, 1.165) is 32.5 Å².